The van der Waals surface area contributed by atoms with E-state index in [2.05, 4.69) is 11.9 Å². The van der Waals surface area contributed by atoms with E-state index in [0.29, 0.717) is 0 Å². The van der Waals surface area contributed by atoms with Crippen LogP contribution in [0.2, 0.25) is 0 Å². The maximum Gasteiger partial charge on any atom is 0.117 e. The predicted molar refractivity (Wildman–Crippen MR) is 51.8 cm³/mol. The van der Waals surface area contributed by atoms with Crippen molar-refractivity contribution in [1.29, 1.82) is 0 Å². The zero-order valence-electron chi connectivity index (χ0n) is 7.78. The van der Waals surface area contributed by atoms with Crippen molar-refractivity contribution in [2.24, 2.45) is 7.05 Å². The van der Waals surface area contributed by atoms with Gasteiger partial charge in [0, 0.05) is 19.5 Å². The lowest BCUT2D eigenvalue weighted by molar-refractivity contribution is 0.476. The average molecular weight is 176 g/mol. The molecule has 0 aliphatic carbocycles. The van der Waals surface area contributed by atoms with Gasteiger partial charge in [-0.1, -0.05) is 6.92 Å². The molecule has 3 nitrogen and oxygen atoms in total. The summed E-state index contributed by atoms with van der Waals surface area (Å²) < 4.78 is 2.01. The van der Waals surface area contributed by atoms with Gasteiger partial charge in [0.05, 0.1) is 11.0 Å². The Labute approximate surface area is 76.6 Å². The second kappa shape index (κ2) is 2.76. The maximum absolute atomic E-state index is 9.30. The Morgan fingerprint density at radius 2 is 2.23 bits per heavy atom. The van der Waals surface area contributed by atoms with Gasteiger partial charge in [0.2, 0.25) is 0 Å². The number of aromatic nitrogens is 2. The highest BCUT2D eigenvalue weighted by molar-refractivity contribution is 5.77. The summed E-state index contributed by atoms with van der Waals surface area (Å²) in [4.78, 5) is 4.42. The van der Waals surface area contributed by atoms with Gasteiger partial charge >= 0.3 is 0 Å². The number of rotatable bonds is 1. The van der Waals surface area contributed by atoms with Crippen LogP contribution in [-0.4, -0.2) is 14.7 Å². The average Bonchev–Trinajstić information content (AvgIpc) is 2.44. The first kappa shape index (κ1) is 8.10. The molecule has 1 heterocycles. The first-order valence-electron chi connectivity index (χ1n) is 4.36. The molecule has 0 atom stereocenters. The molecule has 2 rings (SSSR count). The summed E-state index contributed by atoms with van der Waals surface area (Å²) in [5, 5.41) is 9.30. The maximum atomic E-state index is 9.30. The van der Waals surface area contributed by atoms with Crippen LogP contribution in [0, 0.1) is 0 Å². The number of imidazole rings is 1. The number of hydrogen-bond acceptors (Lipinski definition) is 2. The summed E-state index contributed by atoms with van der Waals surface area (Å²) in [5.41, 5.74) is 1.93. The fourth-order valence-electron chi connectivity index (χ4n) is 1.54. The van der Waals surface area contributed by atoms with E-state index in [1.165, 1.54) is 0 Å². The van der Waals surface area contributed by atoms with Crippen LogP contribution >= 0.6 is 0 Å². The molecule has 0 amide bonds. The topological polar surface area (TPSA) is 38.1 Å². The molecule has 3 heteroatoms. The molecule has 1 aromatic carbocycles. The SMILES string of the molecule is CCc1nc2ccc(O)cc2n1C. The molecule has 0 saturated heterocycles. The summed E-state index contributed by atoms with van der Waals surface area (Å²) in [6.07, 6.45) is 0.909. The Morgan fingerprint density at radius 1 is 1.46 bits per heavy atom. The largest absolute Gasteiger partial charge is 0.508 e. The minimum absolute atomic E-state index is 0.290. The predicted octanol–water partition coefficient (Wildman–Crippen LogP) is 1.84. The van der Waals surface area contributed by atoms with Crippen molar-refractivity contribution in [3.8, 4) is 5.75 Å². The second-order valence-electron chi connectivity index (χ2n) is 3.11. The molecule has 0 fully saturated rings. The Balaban J connectivity index is 2.77. The number of phenols is 1. The number of aryl methyl sites for hydroxylation is 2. The number of phenolic OH excluding ortho intramolecular Hbond substituents is 1. The van der Waals surface area contributed by atoms with Crippen molar-refractivity contribution in [1.82, 2.24) is 9.55 Å². The normalized spacial score (nSPS) is 10.9. The molecule has 13 heavy (non-hydrogen) atoms. The van der Waals surface area contributed by atoms with Gasteiger partial charge in [-0.05, 0) is 12.1 Å². The summed E-state index contributed by atoms with van der Waals surface area (Å²) >= 11 is 0. The molecule has 1 N–H and O–H groups in total. The van der Waals surface area contributed by atoms with Gasteiger partial charge in [0.25, 0.3) is 0 Å². The lowest BCUT2D eigenvalue weighted by Gasteiger charge is -1.98. The van der Waals surface area contributed by atoms with Gasteiger partial charge in [-0.3, -0.25) is 0 Å². The van der Waals surface area contributed by atoms with Gasteiger partial charge in [-0.15, -0.1) is 0 Å². The van der Waals surface area contributed by atoms with E-state index in [1.807, 2.05) is 17.7 Å². The van der Waals surface area contributed by atoms with Gasteiger partial charge in [-0.25, -0.2) is 4.98 Å². The molecular weight excluding hydrogens is 164 g/mol. The van der Waals surface area contributed by atoms with Crippen LogP contribution in [0.1, 0.15) is 12.7 Å². The number of benzene rings is 1. The highest BCUT2D eigenvalue weighted by Crippen LogP contribution is 2.20. The van der Waals surface area contributed by atoms with E-state index in [-0.39, 0.29) is 5.75 Å². The van der Waals surface area contributed by atoms with Crippen molar-refractivity contribution >= 4 is 11.0 Å². The highest BCUT2D eigenvalue weighted by atomic mass is 16.3. The van der Waals surface area contributed by atoms with Crippen LogP contribution in [0.15, 0.2) is 18.2 Å². The Kier molecular flexibility index (Phi) is 1.72. The van der Waals surface area contributed by atoms with Crippen molar-refractivity contribution in [2.75, 3.05) is 0 Å². The number of aromatic hydroxyl groups is 1. The standard InChI is InChI=1S/C10H12N2O/c1-3-10-11-8-5-4-7(13)6-9(8)12(10)2/h4-6,13H,3H2,1-2H3. The molecular formula is C10H12N2O. The van der Waals surface area contributed by atoms with E-state index in [1.54, 1.807) is 12.1 Å². The molecule has 0 radical (unpaired) electrons. The Bertz CT molecular complexity index is 445. The van der Waals surface area contributed by atoms with Crippen LogP contribution in [0.4, 0.5) is 0 Å². The van der Waals surface area contributed by atoms with E-state index < -0.39 is 0 Å². The number of fused-ring (bicyclic) bond motifs is 1. The molecule has 0 saturated carbocycles. The highest BCUT2D eigenvalue weighted by Gasteiger charge is 2.05. The number of nitrogens with zero attached hydrogens (tertiary/aromatic N) is 2. The Morgan fingerprint density at radius 3 is 2.92 bits per heavy atom. The van der Waals surface area contributed by atoms with Crippen LogP contribution < -0.4 is 0 Å². The molecule has 0 spiro atoms. The summed E-state index contributed by atoms with van der Waals surface area (Å²) in [7, 11) is 1.97. The van der Waals surface area contributed by atoms with Gasteiger partial charge < -0.3 is 9.67 Å². The Hall–Kier alpha value is -1.51. The first-order valence-corrected chi connectivity index (χ1v) is 4.36. The molecule has 1 aromatic heterocycles. The quantitative estimate of drug-likeness (QED) is 0.720. The lowest BCUT2D eigenvalue weighted by atomic mass is 10.3. The third kappa shape index (κ3) is 1.16. The van der Waals surface area contributed by atoms with E-state index >= 15 is 0 Å². The minimum Gasteiger partial charge on any atom is -0.508 e. The van der Waals surface area contributed by atoms with Gasteiger partial charge in [-0.2, -0.15) is 0 Å². The van der Waals surface area contributed by atoms with Crippen molar-refractivity contribution in [3.05, 3.63) is 24.0 Å². The summed E-state index contributed by atoms with van der Waals surface area (Å²) in [5.74, 6) is 1.33. The molecule has 0 aliphatic rings. The van der Waals surface area contributed by atoms with Crippen molar-refractivity contribution in [2.45, 2.75) is 13.3 Å². The smallest absolute Gasteiger partial charge is 0.117 e. The molecule has 0 unspecified atom stereocenters. The molecule has 2 aromatic rings. The number of hydrogen-bond donors (Lipinski definition) is 1. The fourth-order valence-corrected chi connectivity index (χ4v) is 1.54. The molecule has 68 valence electrons. The van der Waals surface area contributed by atoms with Crippen molar-refractivity contribution in [3.63, 3.8) is 0 Å². The van der Waals surface area contributed by atoms with Crippen LogP contribution in [-0.2, 0) is 13.5 Å². The zero-order chi connectivity index (χ0) is 9.42. The second-order valence-corrected chi connectivity index (χ2v) is 3.11. The summed E-state index contributed by atoms with van der Waals surface area (Å²) in [6, 6.07) is 5.24. The van der Waals surface area contributed by atoms with Crippen LogP contribution in [0.3, 0.4) is 0 Å². The molecule has 0 bridgehead atoms. The van der Waals surface area contributed by atoms with E-state index in [0.717, 1.165) is 23.3 Å². The van der Waals surface area contributed by atoms with Gasteiger partial charge in [0.15, 0.2) is 0 Å². The first-order chi connectivity index (χ1) is 6.22. The van der Waals surface area contributed by atoms with Crippen LogP contribution in [0.5, 0.6) is 5.75 Å². The fraction of sp³-hybridized carbons (Fsp3) is 0.300. The third-order valence-electron chi connectivity index (χ3n) is 2.27. The minimum atomic E-state index is 0.290. The van der Waals surface area contributed by atoms with Crippen LogP contribution in [0.25, 0.3) is 11.0 Å². The zero-order valence-corrected chi connectivity index (χ0v) is 7.78. The molecule has 0 aliphatic heterocycles. The van der Waals surface area contributed by atoms with Crippen molar-refractivity contribution < 1.29 is 5.11 Å². The van der Waals surface area contributed by atoms with Gasteiger partial charge in [0.1, 0.15) is 11.6 Å². The summed E-state index contributed by atoms with van der Waals surface area (Å²) in [6.45, 7) is 2.07. The van der Waals surface area contributed by atoms with E-state index in [9.17, 15) is 5.11 Å². The van der Waals surface area contributed by atoms with E-state index in [4.69, 9.17) is 0 Å². The monoisotopic (exact) mass is 176 g/mol. The third-order valence-corrected chi connectivity index (χ3v) is 2.27. The lowest BCUT2D eigenvalue weighted by Crippen LogP contribution is -1.94.